The molecule has 5 nitrogen and oxygen atoms in total. The summed E-state index contributed by atoms with van der Waals surface area (Å²) in [7, 11) is -2.98. The number of amides is 1. The standard InChI is InChI=1S/C12H18N2O3S2/c1-9-7-18-11(14-9)3-2-5-13-12(15)10-4-6-19(16,17)8-10/h7,10H,2-6,8H2,1H3,(H,13,15). The molecule has 1 aliphatic heterocycles. The molecule has 1 aliphatic rings. The second kappa shape index (κ2) is 6.00. The monoisotopic (exact) mass is 302 g/mol. The van der Waals surface area contributed by atoms with Gasteiger partial charge in [-0.05, 0) is 19.8 Å². The highest BCUT2D eigenvalue weighted by Crippen LogP contribution is 2.18. The number of rotatable bonds is 5. The van der Waals surface area contributed by atoms with Gasteiger partial charge in [0, 0.05) is 24.0 Å². The predicted molar refractivity (Wildman–Crippen MR) is 74.9 cm³/mol. The Bertz CT molecular complexity index is 551. The van der Waals surface area contributed by atoms with Crippen LogP contribution in [0.2, 0.25) is 0 Å². The highest BCUT2D eigenvalue weighted by atomic mass is 32.2. The Kier molecular flexibility index (Phi) is 4.57. The Labute approximate surface area is 117 Å². The maximum absolute atomic E-state index is 11.8. The van der Waals surface area contributed by atoms with Crippen molar-refractivity contribution in [1.29, 1.82) is 0 Å². The Morgan fingerprint density at radius 2 is 2.37 bits per heavy atom. The minimum absolute atomic E-state index is 0.00447. The molecule has 1 atom stereocenters. The first-order valence-corrected chi connectivity index (χ1v) is 9.05. The van der Waals surface area contributed by atoms with Gasteiger partial charge in [-0.15, -0.1) is 11.3 Å². The lowest BCUT2D eigenvalue weighted by atomic mass is 10.1. The van der Waals surface area contributed by atoms with Crippen LogP contribution < -0.4 is 5.32 Å². The van der Waals surface area contributed by atoms with Gasteiger partial charge < -0.3 is 5.32 Å². The van der Waals surface area contributed by atoms with Crippen molar-refractivity contribution in [2.24, 2.45) is 5.92 Å². The summed E-state index contributed by atoms with van der Waals surface area (Å²) in [6.45, 7) is 2.54. The van der Waals surface area contributed by atoms with Crippen molar-refractivity contribution in [1.82, 2.24) is 10.3 Å². The van der Waals surface area contributed by atoms with Crippen LogP contribution in [-0.2, 0) is 21.1 Å². The fourth-order valence-corrected chi connectivity index (χ4v) is 4.67. The van der Waals surface area contributed by atoms with Gasteiger partial charge in [0.25, 0.3) is 0 Å². The van der Waals surface area contributed by atoms with E-state index in [1.165, 1.54) is 0 Å². The first kappa shape index (κ1) is 14.5. The minimum Gasteiger partial charge on any atom is -0.356 e. The van der Waals surface area contributed by atoms with Crippen molar-refractivity contribution >= 4 is 27.1 Å². The molecule has 2 rings (SSSR count). The number of sulfone groups is 1. The summed E-state index contributed by atoms with van der Waals surface area (Å²) in [6.07, 6.45) is 2.14. The smallest absolute Gasteiger partial charge is 0.224 e. The number of thiazole rings is 1. The molecule has 1 unspecified atom stereocenters. The van der Waals surface area contributed by atoms with E-state index in [-0.39, 0.29) is 23.3 Å². The number of nitrogens with zero attached hydrogens (tertiary/aromatic N) is 1. The van der Waals surface area contributed by atoms with Gasteiger partial charge in [-0.25, -0.2) is 13.4 Å². The summed E-state index contributed by atoms with van der Waals surface area (Å²) in [5, 5.41) is 5.90. The summed E-state index contributed by atoms with van der Waals surface area (Å²) in [5.41, 5.74) is 1.03. The summed E-state index contributed by atoms with van der Waals surface area (Å²) >= 11 is 1.63. The highest BCUT2D eigenvalue weighted by Gasteiger charge is 2.32. The van der Waals surface area contributed by atoms with E-state index in [4.69, 9.17) is 0 Å². The lowest BCUT2D eigenvalue weighted by molar-refractivity contribution is -0.124. The van der Waals surface area contributed by atoms with Crippen LogP contribution in [0.3, 0.4) is 0 Å². The van der Waals surface area contributed by atoms with Crippen molar-refractivity contribution < 1.29 is 13.2 Å². The molecule has 0 aromatic carbocycles. The Morgan fingerprint density at radius 1 is 1.58 bits per heavy atom. The molecule has 1 saturated heterocycles. The third-order valence-electron chi connectivity index (χ3n) is 3.14. The maximum Gasteiger partial charge on any atom is 0.224 e. The van der Waals surface area contributed by atoms with Crippen LogP contribution >= 0.6 is 11.3 Å². The van der Waals surface area contributed by atoms with Gasteiger partial charge in [0.2, 0.25) is 5.91 Å². The van der Waals surface area contributed by atoms with E-state index < -0.39 is 9.84 Å². The zero-order valence-corrected chi connectivity index (χ0v) is 12.5. The van der Waals surface area contributed by atoms with Crippen molar-refractivity contribution in [2.45, 2.75) is 26.2 Å². The van der Waals surface area contributed by atoms with E-state index in [1.54, 1.807) is 11.3 Å². The van der Waals surface area contributed by atoms with E-state index in [1.807, 2.05) is 12.3 Å². The van der Waals surface area contributed by atoms with Crippen molar-refractivity contribution in [3.63, 3.8) is 0 Å². The predicted octanol–water partition coefficient (Wildman–Crippen LogP) is 0.935. The van der Waals surface area contributed by atoms with Crippen molar-refractivity contribution in [2.75, 3.05) is 18.1 Å². The molecule has 106 valence electrons. The molecule has 1 amide bonds. The number of carbonyl (C=O) groups is 1. The molecule has 1 fully saturated rings. The van der Waals surface area contributed by atoms with Crippen LogP contribution in [0.15, 0.2) is 5.38 Å². The molecule has 19 heavy (non-hydrogen) atoms. The topological polar surface area (TPSA) is 76.1 Å². The van der Waals surface area contributed by atoms with Crippen LogP contribution in [0.25, 0.3) is 0 Å². The summed E-state index contributed by atoms with van der Waals surface area (Å²) in [4.78, 5) is 16.1. The third kappa shape index (κ3) is 4.28. The maximum atomic E-state index is 11.8. The fourth-order valence-electron chi connectivity index (χ4n) is 2.11. The number of hydrogen-bond donors (Lipinski definition) is 1. The molecule has 0 saturated carbocycles. The van der Waals surface area contributed by atoms with Gasteiger partial charge in [-0.2, -0.15) is 0 Å². The average Bonchev–Trinajstić information content (AvgIpc) is 2.90. The largest absolute Gasteiger partial charge is 0.356 e. The lowest BCUT2D eigenvalue weighted by Gasteiger charge is -2.08. The van der Waals surface area contributed by atoms with E-state index in [2.05, 4.69) is 10.3 Å². The van der Waals surface area contributed by atoms with Crippen LogP contribution in [0, 0.1) is 12.8 Å². The molecule has 1 aromatic heterocycles. The zero-order chi connectivity index (χ0) is 13.9. The summed E-state index contributed by atoms with van der Waals surface area (Å²) in [6, 6.07) is 0. The molecule has 0 bridgehead atoms. The fraction of sp³-hybridized carbons (Fsp3) is 0.667. The lowest BCUT2D eigenvalue weighted by Crippen LogP contribution is -2.32. The van der Waals surface area contributed by atoms with Gasteiger partial charge in [0.1, 0.15) is 0 Å². The second-order valence-corrected chi connectivity index (χ2v) is 8.05. The van der Waals surface area contributed by atoms with Gasteiger partial charge in [-0.3, -0.25) is 4.79 Å². The van der Waals surface area contributed by atoms with E-state index in [9.17, 15) is 13.2 Å². The van der Waals surface area contributed by atoms with E-state index >= 15 is 0 Å². The average molecular weight is 302 g/mol. The quantitative estimate of drug-likeness (QED) is 0.821. The molecule has 2 heterocycles. The molecule has 0 spiro atoms. The van der Waals surface area contributed by atoms with Crippen LogP contribution in [0.4, 0.5) is 0 Å². The number of nitrogens with one attached hydrogen (secondary N) is 1. The van der Waals surface area contributed by atoms with Crippen molar-refractivity contribution in [3.05, 3.63) is 16.1 Å². The number of carbonyl (C=O) groups excluding carboxylic acids is 1. The third-order valence-corrected chi connectivity index (χ3v) is 5.93. The van der Waals surface area contributed by atoms with Gasteiger partial charge in [0.05, 0.1) is 22.4 Å². The SMILES string of the molecule is Cc1csc(CCCNC(=O)C2CCS(=O)(=O)C2)n1. The molecule has 1 aromatic rings. The zero-order valence-electron chi connectivity index (χ0n) is 10.9. The second-order valence-electron chi connectivity index (χ2n) is 4.88. The minimum atomic E-state index is -2.98. The molecule has 1 N–H and O–H groups in total. The van der Waals surface area contributed by atoms with E-state index in [0.717, 1.165) is 23.5 Å². The van der Waals surface area contributed by atoms with Crippen molar-refractivity contribution in [3.8, 4) is 0 Å². The normalized spacial score (nSPS) is 21.4. The highest BCUT2D eigenvalue weighted by molar-refractivity contribution is 7.91. The van der Waals surface area contributed by atoms with Crippen LogP contribution in [-0.4, -0.2) is 37.4 Å². The Hall–Kier alpha value is -0.950. The van der Waals surface area contributed by atoms with E-state index in [0.29, 0.717) is 13.0 Å². The Morgan fingerprint density at radius 3 is 2.95 bits per heavy atom. The van der Waals surface area contributed by atoms with Gasteiger partial charge >= 0.3 is 0 Å². The summed E-state index contributed by atoms with van der Waals surface area (Å²) in [5.74, 6) is -0.336. The first-order valence-electron chi connectivity index (χ1n) is 6.35. The number of hydrogen-bond acceptors (Lipinski definition) is 5. The molecule has 7 heteroatoms. The Balaban J connectivity index is 1.67. The van der Waals surface area contributed by atoms with Gasteiger partial charge in [0.15, 0.2) is 9.84 Å². The first-order chi connectivity index (χ1) is 8.96. The summed E-state index contributed by atoms with van der Waals surface area (Å²) < 4.78 is 22.6. The van der Waals surface area contributed by atoms with Gasteiger partial charge in [-0.1, -0.05) is 0 Å². The van der Waals surface area contributed by atoms with Crippen LogP contribution in [0.5, 0.6) is 0 Å². The molecular weight excluding hydrogens is 284 g/mol. The molecule has 0 aliphatic carbocycles. The number of aromatic nitrogens is 1. The molecular formula is C12H18N2O3S2. The van der Waals surface area contributed by atoms with Crippen LogP contribution in [0.1, 0.15) is 23.5 Å². The number of aryl methyl sites for hydroxylation is 2. The molecule has 0 radical (unpaired) electrons.